The van der Waals surface area contributed by atoms with E-state index in [1.165, 1.54) is 9.13 Å². The average Bonchev–Trinajstić information content (AvgIpc) is 3.11. The van der Waals surface area contributed by atoms with Gasteiger partial charge in [0.2, 0.25) is 0 Å². The minimum atomic E-state index is 0.625. The van der Waals surface area contributed by atoms with Crippen molar-refractivity contribution in [2.45, 2.75) is 6.42 Å². The van der Waals surface area contributed by atoms with Crippen molar-refractivity contribution >= 4 is 51.6 Å². The average molecular weight is 456 g/mol. The van der Waals surface area contributed by atoms with Gasteiger partial charge >= 0.3 is 0 Å². The van der Waals surface area contributed by atoms with E-state index < -0.39 is 0 Å². The van der Waals surface area contributed by atoms with Crippen LogP contribution in [0, 0.1) is 3.57 Å². The molecule has 1 aliphatic heterocycles. The molecular formula is C17H12Cl2IN3. The summed E-state index contributed by atoms with van der Waals surface area (Å²) in [6.45, 7) is 0.912. The summed E-state index contributed by atoms with van der Waals surface area (Å²) in [4.78, 5) is 0. The maximum absolute atomic E-state index is 6.39. The third-order valence-corrected chi connectivity index (χ3v) is 5.18. The molecule has 0 unspecified atom stereocenters. The van der Waals surface area contributed by atoms with E-state index in [2.05, 4.69) is 52.2 Å². The standard InChI is InChI=1S/C17H12Cl2IN3/c18-10-1-6-13(15(19)9-10)16-14-7-8-21-17(14)23(22-16)12-4-2-11(20)3-5-12/h1-6,9,21H,7-8H2. The van der Waals surface area contributed by atoms with Crippen molar-refractivity contribution in [1.29, 1.82) is 0 Å². The van der Waals surface area contributed by atoms with Crippen molar-refractivity contribution in [3.05, 3.63) is 61.6 Å². The zero-order valence-corrected chi connectivity index (χ0v) is 15.7. The first-order chi connectivity index (χ1) is 11.1. The molecule has 2 aromatic carbocycles. The van der Waals surface area contributed by atoms with Gasteiger partial charge in [-0.15, -0.1) is 0 Å². The van der Waals surface area contributed by atoms with Gasteiger partial charge < -0.3 is 5.32 Å². The molecule has 0 fully saturated rings. The first-order valence-electron chi connectivity index (χ1n) is 7.20. The van der Waals surface area contributed by atoms with Crippen LogP contribution in [0.15, 0.2) is 42.5 Å². The molecule has 0 saturated heterocycles. The SMILES string of the molecule is Clc1ccc(-c2nn(-c3ccc(I)cc3)c3c2CCN3)c(Cl)c1. The lowest BCUT2D eigenvalue weighted by Crippen LogP contribution is -2.04. The highest BCUT2D eigenvalue weighted by atomic mass is 127. The third-order valence-electron chi connectivity index (χ3n) is 3.91. The van der Waals surface area contributed by atoms with Gasteiger partial charge in [0.05, 0.1) is 16.4 Å². The quantitative estimate of drug-likeness (QED) is 0.523. The van der Waals surface area contributed by atoms with Crippen molar-refractivity contribution in [2.24, 2.45) is 0 Å². The monoisotopic (exact) mass is 455 g/mol. The van der Waals surface area contributed by atoms with E-state index in [-0.39, 0.29) is 0 Å². The summed E-state index contributed by atoms with van der Waals surface area (Å²) < 4.78 is 3.16. The van der Waals surface area contributed by atoms with Crippen molar-refractivity contribution in [3.63, 3.8) is 0 Å². The fourth-order valence-electron chi connectivity index (χ4n) is 2.84. The van der Waals surface area contributed by atoms with Crippen LogP contribution in [0.5, 0.6) is 0 Å². The highest BCUT2D eigenvalue weighted by molar-refractivity contribution is 14.1. The second-order valence-corrected chi connectivity index (χ2v) is 7.45. The lowest BCUT2D eigenvalue weighted by molar-refractivity contribution is 0.882. The van der Waals surface area contributed by atoms with E-state index in [9.17, 15) is 0 Å². The number of benzene rings is 2. The maximum atomic E-state index is 6.39. The zero-order chi connectivity index (χ0) is 16.0. The van der Waals surface area contributed by atoms with Gasteiger partial charge in [0.25, 0.3) is 0 Å². The van der Waals surface area contributed by atoms with Crippen LogP contribution in [-0.2, 0) is 6.42 Å². The fraction of sp³-hybridized carbons (Fsp3) is 0.118. The second-order valence-electron chi connectivity index (χ2n) is 5.36. The Labute approximate surface area is 157 Å². The van der Waals surface area contributed by atoms with E-state index in [0.717, 1.165) is 35.7 Å². The molecule has 3 aromatic rings. The number of nitrogens with zero attached hydrogens (tertiary/aromatic N) is 2. The van der Waals surface area contributed by atoms with Gasteiger partial charge in [-0.3, -0.25) is 0 Å². The van der Waals surface area contributed by atoms with Gasteiger partial charge in [-0.25, -0.2) is 4.68 Å². The Balaban J connectivity index is 1.89. The summed E-state index contributed by atoms with van der Waals surface area (Å²) in [6, 6.07) is 13.8. The molecule has 3 nitrogen and oxygen atoms in total. The van der Waals surface area contributed by atoms with Crippen molar-refractivity contribution < 1.29 is 0 Å². The number of fused-ring (bicyclic) bond motifs is 1. The van der Waals surface area contributed by atoms with Crippen LogP contribution in [0.2, 0.25) is 10.0 Å². The molecule has 0 spiro atoms. The van der Waals surface area contributed by atoms with Crippen LogP contribution in [0.25, 0.3) is 16.9 Å². The maximum Gasteiger partial charge on any atom is 0.133 e. The minimum absolute atomic E-state index is 0.625. The molecule has 1 aromatic heterocycles. The summed E-state index contributed by atoms with van der Waals surface area (Å²) in [5.41, 5.74) is 4.07. The van der Waals surface area contributed by atoms with E-state index in [1.54, 1.807) is 6.07 Å². The molecule has 0 radical (unpaired) electrons. The number of anilines is 1. The molecule has 23 heavy (non-hydrogen) atoms. The summed E-state index contributed by atoms with van der Waals surface area (Å²) in [7, 11) is 0. The van der Waals surface area contributed by atoms with Crippen LogP contribution in [0.4, 0.5) is 5.82 Å². The number of rotatable bonds is 2. The molecule has 0 saturated carbocycles. The zero-order valence-electron chi connectivity index (χ0n) is 12.0. The Morgan fingerprint density at radius 3 is 2.61 bits per heavy atom. The summed E-state index contributed by atoms with van der Waals surface area (Å²) in [5, 5.41) is 9.50. The summed E-state index contributed by atoms with van der Waals surface area (Å²) in [6.07, 6.45) is 0.938. The minimum Gasteiger partial charge on any atom is -0.369 e. The molecular weight excluding hydrogens is 444 g/mol. The predicted molar refractivity (Wildman–Crippen MR) is 104 cm³/mol. The van der Waals surface area contributed by atoms with Crippen molar-refractivity contribution in [1.82, 2.24) is 9.78 Å². The van der Waals surface area contributed by atoms with E-state index in [0.29, 0.717) is 10.0 Å². The second kappa shape index (κ2) is 6.00. The number of hydrogen-bond donors (Lipinski definition) is 1. The summed E-state index contributed by atoms with van der Waals surface area (Å²) in [5.74, 6) is 1.05. The lowest BCUT2D eigenvalue weighted by atomic mass is 10.1. The van der Waals surface area contributed by atoms with Crippen molar-refractivity contribution in [2.75, 3.05) is 11.9 Å². The Kier molecular flexibility index (Phi) is 3.99. The van der Waals surface area contributed by atoms with Crippen molar-refractivity contribution in [3.8, 4) is 16.9 Å². The van der Waals surface area contributed by atoms with Gasteiger partial charge in [0, 0.05) is 26.3 Å². The molecule has 6 heteroatoms. The Bertz CT molecular complexity index is 888. The van der Waals surface area contributed by atoms with Crippen LogP contribution >= 0.6 is 45.8 Å². The third kappa shape index (κ3) is 2.73. The fourth-order valence-corrected chi connectivity index (χ4v) is 3.70. The molecule has 0 amide bonds. The van der Waals surface area contributed by atoms with Crippen LogP contribution < -0.4 is 5.32 Å². The smallest absolute Gasteiger partial charge is 0.133 e. The molecule has 116 valence electrons. The number of nitrogens with one attached hydrogen (secondary N) is 1. The number of hydrogen-bond acceptors (Lipinski definition) is 2. The Morgan fingerprint density at radius 2 is 1.87 bits per heavy atom. The largest absolute Gasteiger partial charge is 0.369 e. The molecule has 0 aliphatic carbocycles. The number of aromatic nitrogens is 2. The Morgan fingerprint density at radius 1 is 1.09 bits per heavy atom. The predicted octanol–water partition coefficient (Wildman–Crippen LogP) is 5.42. The van der Waals surface area contributed by atoms with E-state index >= 15 is 0 Å². The van der Waals surface area contributed by atoms with Gasteiger partial charge in [-0.05, 0) is 71.5 Å². The first-order valence-corrected chi connectivity index (χ1v) is 9.04. The van der Waals surface area contributed by atoms with Gasteiger partial charge in [0.1, 0.15) is 5.82 Å². The number of halogens is 3. The highest BCUT2D eigenvalue weighted by Gasteiger charge is 2.25. The molecule has 2 heterocycles. The van der Waals surface area contributed by atoms with Gasteiger partial charge in [-0.1, -0.05) is 23.2 Å². The molecule has 0 bridgehead atoms. The Hall–Kier alpha value is -1.24. The molecule has 0 atom stereocenters. The highest BCUT2D eigenvalue weighted by Crippen LogP contribution is 2.38. The summed E-state index contributed by atoms with van der Waals surface area (Å²) >= 11 is 14.7. The molecule has 1 aliphatic rings. The lowest BCUT2D eigenvalue weighted by Gasteiger charge is -2.06. The molecule has 4 rings (SSSR count). The van der Waals surface area contributed by atoms with Gasteiger partial charge in [0.15, 0.2) is 0 Å². The van der Waals surface area contributed by atoms with Crippen LogP contribution in [0.3, 0.4) is 0 Å². The first kappa shape index (κ1) is 15.3. The topological polar surface area (TPSA) is 29.9 Å². The van der Waals surface area contributed by atoms with E-state index in [4.69, 9.17) is 28.3 Å². The van der Waals surface area contributed by atoms with Crippen LogP contribution in [0.1, 0.15) is 5.56 Å². The molecule has 1 N–H and O–H groups in total. The van der Waals surface area contributed by atoms with Crippen LogP contribution in [-0.4, -0.2) is 16.3 Å². The van der Waals surface area contributed by atoms with Gasteiger partial charge in [-0.2, -0.15) is 5.10 Å². The normalized spacial score (nSPS) is 13.0. The van der Waals surface area contributed by atoms with E-state index in [1.807, 2.05) is 16.8 Å².